The molecule has 1 aliphatic heterocycles. The van der Waals surface area contributed by atoms with Crippen LogP contribution in [-0.2, 0) is 14.3 Å². The first-order valence-electron chi connectivity index (χ1n) is 7.58. The lowest BCUT2D eigenvalue weighted by Gasteiger charge is -2.35. The molecule has 0 radical (unpaired) electrons. The largest absolute Gasteiger partial charge is 0.381 e. The third-order valence-corrected chi connectivity index (χ3v) is 4.13. The summed E-state index contributed by atoms with van der Waals surface area (Å²) in [7, 11) is 0. The molecular weight excluding hydrogens is 254 g/mol. The summed E-state index contributed by atoms with van der Waals surface area (Å²) in [5, 5.41) is 2.95. The molecule has 0 bridgehead atoms. The predicted octanol–water partition coefficient (Wildman–Crippen LogP) is 2.70. The third-order valence-electron chi connectivity index (χ3n) is 4.13. The molecule has 20 heavy (non-hydrogen) atoms. The van der Waals surface area contributed by atoms with Gasteiger partial charge in [0.15, 0.2) is 5.78 Å². The number of Topliss-reactive ketones (excluding diaryl/α,β-unsaturated/α-hetero) is 1. The van der Waals surface area contributed by atoms with Crippen LogP contribution in [0.3, 0.4) is 0 Å². The summed E-state index contributed by atoms with van der Waals surface area (Å²) in [4.78, 5) is 24.3. The highest BCUT2D eigenvalue weighted by atomic mass is 16.5. The standard InChI is InChI=1S/C16H29NO3/c1-6-12(18)14(15(2,3)4)17-13(19)11-16(5)7-9-20-10-8-16/h14H,6-11H2,1-5H3,(H,17,19). The van der Waals surface area contributed by atoms with Gasteiger partial charge in [-0.05, 0) is 23.7 Å². The van der Waals surface area contributed by atoms with Crippen LogP contribution in [-0.4, -0.2) is 30.9 Å². The molecule has 4 heteroatoms. The van der Waals surface area contributed by atoms with Gasteiger partial charge in [-0.3, -0.25) is 9.59 Å². The molecule has 1 unspecified atom stereocenters. The van der Waals surface area contributed by atoms with E-state index in [-0.39, 0.29) is 22.5 Å². The quantitative estimate of drug-likeness (QED) is 0.844. The van der Waals surface area contributed by atoms with Gasteiger partial charge in [0.1, 0.15) is 0 Å². The predicted molar refractivity (Wildman–Crippen MR) is 79.5 cm³/mol. The number of carbonyl (C=O) groups is 2. The molecule has 1 heterocycles. The second-order valence-electron chi connectivity index (χ2n) is 7.29. The van der Waals surface area contributed by atoms with E-state index in [0.29, 0.717) is 12.8 Å². The second-order valence-corrected chi connectivity index (χ2v) is 7.29. The zero-order valence-electron chi connectivity index (χ0n) is 13.5. The molecule has 1 N–H and O–H groups in total. The highest BCUT2D eigenvalue weighted by Gasteiger charge is 2.34. The lowest BCUT2D eigenvalue weighted by atomic mass is 9.78. The first-order chi connectivity index (χ1) is 9.18. The Balaban J connectivity index is 2.64. The van der Waals surface area contributed by atoms with E-state index in [1.54, 1.807) is 0 Å². The van der Waals surface area contributed by atoms with E-state index in [0.717, 1.165) is 26.1 Å². The van der Waals surface area contributed by atoms with Gasteiger partial charge >= 0.3 is 0 Å². The summed E-state index contributed by atoms with van der Waals surface area (Å²) in [5.41, 5.74) is -0.251. The van der Waals surface area contributed by atoms with Crippen molar-refractivity contribution in [2.75, 3.05) is 13.2 Å². The number of hydrogen-bond acceptors (Lipinski definition) is 3. The van der Waals surface area contributed by atoms with Crippen molar-refractivity contribution in [2.24, 2.45) is 10.8 Å². The Labute approximate surface area is 122 Å². The molecule has 1 amide bonds. The van der Waals surface area contributed by atoms with Gasteiger partial charge in [-0.15, -0.1) is 0 Å². The number of ketones is 1. The number of nitrogens with one attached hydrogen (secondary N) is 1. The van der Waals surface area contributed by atoms with Crippen LogP contribution in [0.4, 0.5) is 0 Å². The fraction of sp³-hybridized carbons (Fsp3) is 0.875. The van der Waals surface area contributed by atoms with Crippen molar-refractivity contribution >= 4 is 11.7 Å². The number of amides is 1. The SMILES string of the molecule is CCC(=O)C(NC(=O)CC1(C)CCOCC1)C(C)(C)C. The van der Waals surface area contributed by atoms with Crippen molar-refractivity contribution in [3.05, 3.63) is 0 Å². The minimum absolute atomic E-state index is 0.0000296. The summed E-state index contributed by atoms with van der Waals surface area (Å²) in [5.74, 6) is 0.0825. The highest BCUT2D eigenvalue weighted by Crippen LogP contribution is 2.33. The van der Waals surface area contributed by atoms with Gasteiger partial charge in [-0.1, -0.05) is 34.6 Å². The van der Waals surface area contributed by atoms with E-state index in [9.17, 15) is 9.59 Å². The average Bonchev–Trinajstić information content (AvgIpc) is 2.34. The number of hydrogen-bond donors (Lipinski definition) is 1. The summed E-state index contributed by atoms with van der Waals surface area (Å²) in [6.07, 6.45) is 2.73. The van der Waals surface area contributed by atoms with E-state index in [4.69, 9.17) is 4.74 Å². The van der Waals surface area contributed by atoms with Gasteiger partial charge in [-0.25, -0.2) is 0 Å². The lowest BCUT2D eigenvalue weighted by Crippen LogP contribution is -2.50. The molecule has 1 aliphatic rings. The molecule has 0 spiro atoms. The van der Waals surface area contributed by atoms with Crippen LogP contribution in [0, 0.1) is 10.8 Å². The van der Waals surface area contributed by atoms with Crippen LogP contribution in [0.5, 0.6) is 0 Å². The van der Waals surface area contributed by atoms with Gasteiger partial charge in [0.05, 0.1) is 6.04 Å². The Morgan fingerprint density at radius 1 is 1.25 bits per heavy atom. The Bertz CT molecular complexity index is 351. The Kier molecular flexibility index (Phi) is 5.75. The average molecular weight is 283 g/mol. The molecular formula is C16H29NO3. The zero-order valence-corrected chi connectivity index (χ0v) is 13.5. The molecule has 1 rings (SSSR count). The summed E-state index contributed by atoms with van der Waals surface area (Å²) < 4.78 is 5.35. The maximum Gasteiger partial charge on any atom is 0.221 e. The maximum absolute atomic E-state index is 12.3. The lowest BCUT2D eigenvalue weighted by molar-refractivity contribution is -0.132. The first-order valence-corrected chi connectivity index (χ1v) is 7.58. The summed E-state index contributed by atoms with van der Waals surface area (Å²) >= 11 is 0. The minimum atomic E-state index is -0.400. The Morgan fingerprint density at radius 2 is 1.80 bits per heavy atom. The van der Waals surface area contributed by atoms with Gasteiger partial charge in [0, 0.05) is 26.1 Å². The normalized spacial score (nSPS) is 20.2. The fourth-order valence-electron chi connectivity index (χ4n) is 2.62. The van der Waals surface area contributed by atoms with E-state index in [1.165, 1.54) is 0 Å². The Morgan fingerprint density at radius 3 is 2.25 bits per heavy atom. The van der Waals surface area contributed by atoms with E-state index >= 15 is 0 Å². The van der Waals surface area contributed by atoms with Crippen LogP contribution in [0.1, 0.15) is 60.3 Å². The maximum atomic E-state index is 12.3. The van der Waals surface area contributed by atoms with Gasteiger partial charge in [0.25, 0.3) is 0 Å². The number of rotatable bonds is 5. The van der Waals surface area contributed by atoms with E-state index in [1.807, 2.05) is 27.7 Å². The van der Waals surface area contributed by atoms with E-state index < -0.39 is 6.04 Å². The molecule has 0 aromatic rings. The van der Waals surface area contributed by atoms with Crippen molar-refractivity contribution in [1.82, 2.24) is 5.32 Å². The molecule has 1 atom stereocenters. The fourth-order valence-corrected chi connectivity index (χ4v) is 2.62. The van der Waals surface area contributed by atoms with Crippen LogP contribution in [0.15, 0.2) is 0 Å². The van der Waals surface area contributed by atoms with Crippen molar-refractivity contribution < 1.29 is 14.3 Å². The number of carbonyl (C=O) groups excluding carboxylic acids is 2. The van der Waals surface area contributed by atoms with Crippen molar-refractivity contribution in [3.63, 3.8) is 0 Å². The van der Waals surface area contributed by atoms with Crippen molar-refractivity contribution in [3.8, 4) is 0 Å². The van der Waals surface area contributed by atoms with Crippen LogP contribution < -0.4 is 5.32 Å². The number of ether oxygens (including phenoxy) is 1. The van der Waals surface area contributed by atoms with Crippen molar-refractivity contribution in [1.29, 1.82) is 0 Å². The topological polar surface area (TPSA) is 55.4 Å². The van der Waals surface area contributed by atoms with Crippen LogP contribution in [0.2, 0.25) is 0 Å². The van der Waals surface area contributed by atoms with Gasteiger partial charge in [0.2, 0.25) is 5.91 Å². The molecule has 0 aromatic heterocycles. The molecule has 116 valence electrons. The van der Waals surface area contributed by atoms with Crippen LogP contribution in [0.25, 0.3) is 0 Å². The highest BCUT2D eigenvalue weighted by molar-refractivity contribution is 5.89. The smallest absolute Gasteiger partial charge is 0.221 e. The Hall–Kier alpha value is -0.900. The summed E-state index contributed by atoms with van der Waals surface area (Å²) in [6.45, 7) is 11.4. The minimum Gasteiger partial charge on any atom is -0.381 e. The third kappa shape index (κ3) is 4.89. The zero-order chi connectivity index (χ0) is 15.4. The first kappa shape index (κ1) is 17.2. The summed E-state index contributed by atoms with van der Waals surface area (Å²) in [6, 6.07) is -0.400. The van der Waals surface area contributed by atoms with Gasteiger partial charge in [-0.2, -0.15) is 0 Å². The molecule has 4 nitrogen and oxygen atoms in total. The van der Waals surface area contributed by atoms with Crippen molar-refractivity contribution in [2.45, 2.75) is 66.3 Å². The molecule has 0 saturated carbocycles. The monoisotopic (exact) mass is 283 g/mol. The van der Waals surface area contributed by atoms with E-state index in [2.05, 4.69) is 12.2 Å². The second kappa shape index (κ2) is 6.70. The molecule has 0 aromatic carbocycles. The van der Waals surface area contributed by atoms with Gasteiger partial charge < -0.3 is 10.1 Å². The van der Waals surface area contributed by atoms with Crippen LogP contribution >= 0.6 is 0 Å². The molecule has 1 saturated heterocycles. The molecule has 1 fully saturated rings. The molecule has 0 aliphatic carbocycles.